The zero-order valence-electron chi connectivity index (χ0n) is 9.59. The topological polar surface area (TPSA) is 109 Å². The van der Waals surface area contributed by atoms with Crippen LogP contribution in [0.25, 0.3) is 0 Å². The number of hydrogen-bond donors (Lipinski definition) is 0. The SMILES string of the molecule is Cc1cc([N+](=O)[O-])c(C(C)C)c([N+](=O)[O-])c1[O-]. The summed E-state index contributed by atoms with van der Waals surface area (Å²) in [6.07, 6.45) is 0. The molecule has 0 aliphatic rings. The van der Waals surface area contributed by atoms with E-state index in [9.17, 15) is 25.3 Å². The van der Waals surface area contributed by atoms with Crippen LogP contribution in [0.2, 0.25) is 0 Å². The number of nitro groups is 2. The molecular weight excluding hydrogens is 228 g/mol. The highest BCUT2D eigenvalue weighted by atomic mass is 16.6. The summed E-state index contributed by atoms with van der Waals surface area (Å²) in [6.45, 7) is 4.47. The van der Waals surface area contributed by atoms with E-state index >= 15 is 0 Å². The molecule has 0 aliphatic heterocycles. The lowest BCUT2D eigenvalue weighted by atomic mass is 9.96. The van der Waals surface area contributed by atoms with Gasteiger partial charge in [0.1, 0.15) is 5.56 Å². The minimum atomic E-state index is -0.850. The van der Waals surface area contributed by atoms with E-state index in [1.54, 1.807) is 13.8 Å². The third-order valence-electron chi connectivity index (χ3n) is 2.41. The minimum Gasteiger partial charge on any atom is -0.868 e. The summed E-state index contributed by atoms with van der Waals surface area (Å²) < 4.78 is 0. The second kappa shape index (κ2) is 4.36. The first-order valence-corrected chi connectivity index (χ1v) is 4.90. The zero-order valence-corrected chi connectivity index (χ0v) is 9.59. The van der Waals surface area contributed by atoms with E-state index in [1.807, 2.05) is 0 Å². The lowest BCUT2D eigenvalue weighted by molar-refractivity contribution is -0.405. The molecule has 0 aliphatic carbocycles. The Morgan fingerprint density at radius 3 is 2.06 bits per heavy atom. The fourth-order valence-electron chi connectivity index (χ4n) is 1.68. The van der Waals surface area contributed by atoms with Gasteiger partial charge in [0.25, 0.3) is 11.4 Å². The van der Waals surface area contributed by atoms with Gasteiger partial charge in [0, 0.05) is 6.07 Å². The molecule has 0 radical (unpaired) electrons. The Kier molecular flexibility index (Phi) is 3.31. The number of aryl methyl sites for hydroxylation is 1. The lowest BCUT2D eigenvalue weighted by Crippen LogP contribution is -2.08. The first kappa shape index (κ1) is 12.9. The normalized spacial score (nSPS) is 10.6. The van der Waals surface area contributed by atoms with E-state index in [0.29, 0.717) is 0 Å². The van der Waals surface area contributed by atoms with E-state index < -0.39 is 27.2 Å². The van der Waals surface area contributed by atoms with Gasteiger partial charge in [-0.1, -0.05) is 13.8 Å². The van der Waals surface area contributed by atoms with E-state index in [1.165, 1.54) is 6.92 Å². The predicted octanol–water partition coefficient (Wildman–Crippen LogP) is 2.01. The van der Waals surface area contributed by atoms with Gasteiger partial charge in [-0.15, -0.1) is 0 Å². The Morgan fingerprint density at radius 2 is 1.71 bits per heavy atom. The van der Waals surface area contributed by atoms with Crippen LogP contribution >= 0.6 is 0 Å². The Morgan fingerprint density at radius 1 is 1.18 bits per heavy atom. The average Bonchev–Trinajstić information content (AvgIpc) is 2.19. The molecular formula is C10H11N2O5-. The van der Waals surface area contributed by atoms with Crippen LogP contribution in [-0.4, -0.2) is 9.85 Å². The molecule has 0 heterocycles. The highest BCUT2D eigenvalue weighted by molar-refractivity contribution is 5.65. The third kappa shape index (κ3) is 2.17. The van der Waals surface area contributed by atoms with Crippen LogP contribution in [0.15, 0.2) is 6.07 Å². The Bertz CT molecular complexity index is 496. The predicted molar refractivity (Wildman–Crippen MR) is 58.0 cm³/mol. The van der Waals surface area contributed by atoms with Crippen LogP contribution in [0.1, 0.15) is 30.9 Å². The molecule has 0 aromatic heterocycles. The van der Waals surface area contributed by atoms with E-state index in [0.717, 1.165) is 6.07 Å². The van der Waals surface area contributed by atoms with Gasteiger partial charge in [-0.3, -0.25) is 20.2 Å². The molecule has 7 heteroatoms. The van der Waals surface area contributed by atoms with E-state index in [4.69, 9.17) is 0 Å². The van der Waals surface area contributed by atoms with Gasteiger partial charge in [0.15, 0.2) is 0 Å². The van der Waals surface area contributed by atoms with Crippen LogP contribution in [-0.2, 0) is 0 Å². The van der Waals surface area contributed by atoms with Crippen LogP contribution in [0.5, 0.6) is 5.75 Å². The summed E-state index contributed by atoms with van der Waals surface area (Å²) >= 11 is 0. The molecule has 92 valence electrons. The van der Waals surface area contributed by atoms with Crippen molar-refractivity contribution >= 4 is 11.4 Å². The van der Waals surface area contributed by atoms with Crippen molar-refractivity contribution in [2.24, 2.45) is 0 Å². The third-order valence-corrected chi connectivity index (χ3v) is 2.41. The molecule has 0 unspecified atom stereocenters. The number of rotatable bonds is 3. The molecule has 0 saturated carbocycles. The van der Waals surface area contributed by atoms with Crippen molar-refractivity contribution in [2.75, 3.05) is 0 Å². The van der Waals surface area contributed by atoms with Crippen LogP contribution in [0.4, 0.5) is 11.4 Å². The summed E-state index contributed by atoms with van der Waals surface area (Å²) in [5.41, 5.74) is -1.17. The largest absolute Gasteiger partial charge is 0.868 e. The summed E-state index contributed by atoms with van der Waals surface area (Å²) in [5.74, 6) is -1.23. The molecule has 0 N–H and O–H groups in total. The smallest absolute Gasteiger partial charge is 0.279 e. The van der Waals surface area contributed by atoms with Crippen LogP contribution in [0, 0.1) is 27.2 Å². The number of benzene rings is 1. The number of hydrogen-bond acceptors (Lipinski definition) is 5. The minimum absolute atomic E-state index is 0.00722. The van der Waals surface area contributed by atoms with Gasteiger partial charge in [-0.2, -0.15) is 0 Å². The molecule has 7 nitrogen and oxygen atoms in total. The van der Waals surface area contributed by atoms with E-state index in [-0.39, 0.29) is 16.8 Å². The maximum absolute atomic E-state index is 11.6. The summed E-state index contributed by atoms with van der Waals surface area (Å²) in [6, 6.07) is 1.09. The highest BCUT2D eigenvalue weighted by Crippen LogP contribution is 2.41. The monoisotopic (exact) mass is 239 g/mol. The van der Waals surface area contributed by atoms with Crippen molar-refractivity contribution in [3.05, 3.63) is 37.4 Å². The van der Waals surface area contributed by atoms with Gasteiger partial charge in [0.2, 0.25) is 0 Å². The maximum atomic E-state index is 11.6. The molecule has 0 amide bonds. The Balaban J connectivity index is 3.76. The highest BCUT2D eigenvalue weighted by Gasteiger charge is 2.29. The molecule has 0 saturated heterocycles. The van der Waals surface area contributed by atoms with Gasteiger partial charge in [0.05, 0.1) is 9.85 Å². The molecule has 17 heavy (non-hydrogen) atoms. The second-order valence-corrected chi connectivity index (χ2v) is 3.97. The fraction of sp³-hybridized carbons (Fsp3) is 0.400. The first-order valence-electron chi connectivity index (χ1n) is 4.90. The first-order chi connectivity index (χ1) is 7.77. The Labute approximate surface area is 97.0 Å². The standard InChI is InChI=1S/C10H12N2O5/c1-5(2)8-7(11(14)15)4-6(3)10(13)9(8)12(16)17/h4-5,13H,1-3H3/p-1. The summed E-state index contributed by atoms with van der Waals surface area (Å²) in [5, 5.41) is 33.3. The molecule has 1 aromatic rings. The molecule has 1 rings (SSSR count). The van der Waals surface area contributed by atoms with Crippen molar-refractivity contribution in [3.63, 3.8) is 0 Å². The fourth-order valence-corrected chi connectivity index (χ4v) is 1.68. The molecule has 0 bridgehead atoms. The molecule has 0 fully saturated rings. The molecule has 0 spiro atoms. The summed E-state index contributed by atoms with van der Waals surface area (Å²) in [7, 11) is 0. The number of nitro benzene ring substituents is 2. The second-order valence-electron chi connectivity index (χ2n) is 3.97. The van der Waals surface area contributed by atoms with Gasteiger partial charge in [-0.05, 0) is 24.2 Å². The average molecular weight is 239 g/mol. The number of nitrogens with zero attached hydrogens (tertiary/aromatic N) is 2. The van der Waals surface area contributed by atoms with Crippen molar-refractivity contribution in [1.29, 1.82) is 0 Å². The van der Waals surface area contributed by atoms with Crippen molar-refractivity contribution in [1.82, 2.24) is 0 Å². The summed E-state index contributed by atoms with van der Waals surface area (Å²) in [4.78, 5) is 20.2. The molecule has 0 atom stereocenters. The van der Waals surface area contributed by atoms with Crippen molar-refractivity contribution in [2.45, 2.75) is 26.7 Å². The lowest BCUT2D eigenvalue weighted by Gasteiger charge is -2.16. The quantitative estimate of drug-likeness (QED) is 0.591. The van der Waals surface area contributed by atoms with Gasteiger partial charge < -0.3 is 5.11 Å². The zero-order chi connectivity index (χ0) is 13.3. The van der Waals surface area contributed by atoms with Crippen LogP contribution < -0.4 is 5.11 Å². The van der Waals surface area contributed by atoms with Gasteiger partial charge >= 0.3 is 0 Å². The van der Waals surface area contributed by atoms with E-state index in [2.05, 4.69) is 0 Å². The van der Waals surface area contributed by atoms with Crippen molar-refractivity contribution < 1.29 is 15.0 Å². The maximum Gasteiger partial charge on any atom is 0.279 e. The van der Waals surface area contributed by atoms with Crippen LogP contribution in [0.3, 0.4) is 0 Å². The molecule has 1 aromatic carbocycles. The Hall–Kier alpha value is -2.18. The van der Waals surface area contributed by atoms with Gasteiger partial charge in [-0.25, -0.2) is 0 Å². The van der Waals surface area contributed by atoms with Crippen molar-refractivity contribution in [3.8, 4) is 5.75 Å².